The smallest absolute Gasteiger partial charge is 0.0293 e. The number of nitrogens with one attached hydrogen (secondary N) is 1. The Labute approximate surface area is 49.8 Å². The monoisotopic (exact) mass is 109 g/mol. The van der Waals surface area contributed by atoms with Crippen molar-refractivity contribution < 1.29 is 0 Å². The molecule has 1 fully saturated rings. The van der Waals surface area contributed by atoms with Crippen LogP contribution in [0.5, 0.6) is 0 Å². The zero-order valence-corrected chi connectivity index (χ0v) is 4.98. The maximum atomic E-state index is 3.45. The molecule has 0 aromatic rings. The SMILES string of the molecule is C1=C2CCCC(C1)N2. The van der Waals surface area contributed by atoms with Crippen LogP contribution in [0.2, 0.25) is 0 Å². The van der Waals surface area contributed by atoms with Crippen molar-refractivity contribution in [1.82, 2.24) is 5.32 Å². The van der Waals surface area contributed by atoms with Crippen LogP contribution in [0, 0.1) is 0 Å². The first-order valence-electron chi connectivity index (χ1n) is 3.41. The van der Waals surface area contributed by atoms with Crippen LogP contribution in [0.25, 0.3) is 0 Å². The topological polar surface area (TPSA) is 12.0 Å². The van der Waals surface area contributed by atoms with E-state index in [1.165, 1.54) is 31.4 Å². The lowest BCUT2D eigenvalue weighted by molar-refractivity contribution is 0.488. The van der Waals surface area contributed by atoms with Crippen molar-refractivity contribution in [3.63, 3.8) is 0 Å². The summed E-state index contributed by atoms with van der Waals surface area (Å²) in [5, 5.41) is 3.45. The fourth-order valence-corrected chi connectivity index (χ4v) is 1.57. The van der Waals surface area contributed by atoms with Gasteiger partial charge in [-0.05, 0) is 25.7 Å². The summed E-state index contributed by atoms with van der Waals surface area (Å²) >= 11 is 0. The van der Waals surface area contributed by atoms with Gasteiger partial charge in [0.15, 0.2) is 0 Å². The van der Waals surface area contributed by atoms with Gasteiger partial charge in [0.1, 0.15) is 0 Å². The molecule has 2 rings (SSSR count). The Morgan fingerprint density at radius 1 is 1.62 bits per heavy atom. The highest BCUT2D eigenvalue weighted by atomic mass is 15.0. The van der Waals surface area contributed by atoms with E-state index >= 15 is 0 Å². The molecule has 2 bridgehead atoms. The third kappa shape index (κ3) is 0.540. The van der Waals surface area contributed by atoms with Gasteiger partial charge in [0.2, 0.25) is 0 Å². The van der Waals surface area contributed by atoms with Gasteiger partial charge in [-0.15, -0.1) is 0 Å². The molecule has 1 nitrogen and oxygen atoms in total. The molecule has 0 saturated carbocycles. The average molecular weight is 109 g/mol. The van der Waals surface area contributed by atoms with Crippen LogP contribution in [0.1, 0.15) is 25.7 Å². The second kappa shape index (κ2) is 1.51. The van der Waals surface area contributed by atoms with E-state index < -0.39 is 0 Å². The van der Waals surface area contributed by atoms with Gasteiger partial charge in [0, 0.05) is 11.7 Å². The molecule has 2 aliphatic heterocycles. The molecule has 0 spiro atoms. The van der Waals surface area contributed by atoms with Gasteiger partial charge in [-0.3, -0.25) is 0 Å². The lowest BCUT2D eigenvalue weighted by atomic mass is 10.1. The second-order valence-electron chi connectivity index (χ2n) is 2.70. The first-order chi connectivity index (χ1) is 3.95. The Morgan fingerprint density at radius 2 is 2.62 bits per heavy atom. The van der Waals surface area contributed by atoms with E-state index in [4.69, 9.17) is 0 Å². The molecule has 2 aliphatic rings. The van der Waals surface area contributed by atoms with E-state index in [-0.39, 0.29) is 0 Å². The molecule has 0 aromatic carbocycles. The molecule has 1 N–H and O–H groups in total. The van der Waals surface area contributed by atoms with Crippen molar-refractivity contribution in [2.45, 2.75) is 31.7 Å². The molecule has 1 saturated heterocycles. The molecule has 2 heterocycles. The maximum Gasteiger partial charge on any atom is 0.0293 e. The van der Waals surface area contributed by atoms with Crippen molar-refractivity contribution in [2.24, 2.45) is 0 Å². The summed E-state index contributed by atoms with van der Waals surface area (Å²) in [6, 6.07) is 0.818. The van der Waals surface area contributed by atoms with E-state index in [0.717, 1.165) is 6.04 Å². The molecule has 0 amide bonds. The van der Waals surface area contributed by atoms with Gasteiger partial charge in [-0.25, -0.2) is 0 Å². The second-order valence-corrected chi connectivity index (χ2v) is 2.70. The van der Waals surface area contributed by atoms with Gasteiger partial charge < -0.3 is 5.32 Å². The minimum Gasteiger partial charge on any atom is -0.386 e. The van der Waals surface area contributed by atoms with Crippen LogP contribution in [0.3, 0.4) is 0 Å². The number of allylic oxidation sites excluding steroid dienone is 1. The minimum absolute atomic E-state index is 0.818. The molecule has 1 unspecified atom stereocenters. The van der Waals surface area contributed by atoms with Gasteiger partial charge in [0.05, 0.1) is 0 Å². The van der Waals surface area contributed by atoms with Gasteiger partial charge >= 0.3 is 0 Å². The average Bonchev–Trinajstić information content (AvgIpc) is 2.12. The Kier molecular flexibility index (Phi) is 0.833. The number of piperidine rings is 1. The zero-order chi connectivity index (χ0) is 5.40. The molecule has 8 heavy (non-hydrogen) atoms. The van der Waals surface area contributed by atoms with Crippen LogP contribution in [-0.2, 0) is 0 Å². The van der Waals surface area contributed by atoms with Crippen molar-refractivity contribution >= 4 is 0 Å². The summed E-state index contributed by atoms with van der Waals surface area (Å²) in [5.74, 6) is 0. The van der Waals surface area contributed by atoms with Crippen molar-refractivity contribution in [3.05, 3.63) is 11.8 Å². The Bertz CT molecular complexity index is 126. The van der Waals surface area contributed by atoms with Crippen molar-refractivity contribution in [1.29, 1.82) is 0 Å². The van der Waals surface area contributed by atoms with Crippen LogP contribution in [0.4, 0.5) is 0 Å². The van der Waals surface area contributed by atoms with E-state index in [0.29, 0.717) is 0 Å². The van der Waals surface area contributed by atoms with E-state index in [1.807, 2.05) is 0 Å². The Balaban J connectivity index is 2.15. The van der Waals surface area contributed by atoms with Gasteiger partial charge in [0.25, 0.3) is 0 Å². The lowest BCUT2D eigenvalue weighted by Crippen LogP contribution is -2.26. The third-order valence-electron chi connectivity index (χ3n) is 2.04. The molecular weight excluding hydrogens is 98.1 g/mol. The number of rotatable bonds is 0. The number of hydrogen-bond acceptors (Lipinski definition) is 1. The van der Waals surface area contributed by atoms with Crippen molar-refractivity contribution in [3.8, 4) is 0 Å². The van der Waals surface area contributed by atoms with Crippen LogP contribution < -0.4 is 5.32 Å². The molecule has 0 radical (unpaired) electrons. The summed E-state index contributed by atoms with van der Waals surface area (Å²) in [6.45, 7) is 0. The molecule has 1 heteroatoms. The van der Waals surface area contributed by atoms with Crippen LogP contribution in [-0.4, -0.2) is 6.04 Å². The number of fused-ring (bicyclic) bond motifs is 2. The van der Waals surface area contributed by atoms with E-state index in [1.54, 1.807) is 0 Å². The first kappa shape index (κ1) is 4.42. The van der Waals surface area contributed by atoms with Crippen LogP contribution >= 0.6 is 0 Å². The van der Waals surface area contributed by atoms with Gasteiger partial charge in [-0.2, -0.15) is 0 Å². The lowest BCUT2D eigenvalue weighted by Gasteiger charge is -2.18. The molecular formula is C7H11N. The fourth-order valence-electron chi connectivity index (χ4n) is 1.57. The molecule has 1 atom stereocenters. The summed E-state index contributed by atoms with van der Waals surface area (Å²) in [7, 11) is 0. The predicted molar refractivity (Wildman–Crippen MR) is 33.5 cm³/mol. The normalized spacial score (nSPS) is 34.0. The molecule has 0 aromatic heterocycles. The summed E-state index contributed by atoms with van der Waals surface area (Å²) in [6.07, 6.45) is 7.73. The maximum absolute atomic E-state index is 3.45. The highest BCUT2D eigenvalue weighted by Crippen LogP contribution is 2.23. The van der Waals surface area contributed by atoms with Gasteiger partial charge in [-0.1, -0.05) is 6.08 Å². The fraction of sp³-hybridized carbons (Fsp3) is 0.714. The quantitative estimate of drug-likeness (QED) is 0.496. The molecule has 44 valence electrons. The van der Waals surface area contributed by atoms with Crippen molar-refractivity contribution in [2.75, 3.05) is 0 Å². The zero-order valence-electron chi connectivity index (χ0n) is 4.98. The summed E-state index contributed by atoms with van der Waals surface area (Å²) in [5.41, 5.74) is 1.50. The van der Waals surface area contributed by atoms with E-state index in [2.05, 4.69) is 11.4 Å². The van der Waals surface area contributed by atoms with E-state index in [9.17, 15) is 0 Å². The minimum atomic E-state index is 0.818. The highest BCUT2D eigenvalue weighted by Gasteiger charge is 2.19. The predicted octanol–water partition coefficient (Wildman–Crippen LogP) is 1.42. The highest BCUT2D eigenvalue weighted by molar-refractivity contribution is 5.12. The number of hydrogen-bond donors (Lipinski definition) is 1. The first-order valence-corrected chi connectivity index (χ1v) is 3.41. The van der Waals surface area contributed by atoms with Crippen LogP contribution in [0.15, 0.2) is 11.8 Å². The summed E-state index contributed by atoms with van der Waals surface area (Å²) < 4.78 is 0. The third-order valence-corrected chi connectivity index (χ3v) is 2.04. The standard InChI is InChI=1S/C7H11N/c1-2-6-4-5-7(3-1)8-6/h4,7-8H,1-3,5H2. The Hall–Kier alpha value is -0.460. The molecule has 0 aliphatic carbocycles. The summed E-state index contributed by atoms with van der Waals surface area (Å²) in [4.78, 5) is 0. The largest absolute Gasteiger partial charge is 0.386 e. The Morgan fingerprint density at radius 3 is 3.38 bits per heavy atom.